The third kappa shape index (κ3) is 5.33. The molecule has 5 nitrogen and oxygen atoms in total. The summed E-state index contributed by atoms with van der Waals surface area (Å²) in [6, 6.07) is 6.68. The summed E-state index contributed by atoms with van der Waals surface area (Å²) in [6.45, 7) is -0.129. The number of carbonyl (C=O) groups is 1. The van der Waals surface area contributed by atoms with Crippen LogP contribution < -0.4 is 4.74 Å². The van der Waals surface area contributed by atoms with Gasteiger partial charge in [-0.2, -0.15) is 0 Å². The van der Waals surface area contributed by atoms with Crippen LogP contribution in [0.1, 0.15) is 42.8 Å². The fraction of sp³-hybridized carbons (Fsp3) is 0.348. The van der Waals surface area contributed by atoms with E-state index in [1.807, 2.05) is 0 Å². The number of hydrogen-bond acceptors (Lipinski definition) is 4. The molecule has 1 heterocycles. The molecular formula is C23H21F5O5. The number of ether oxygens (including phenoxy) is 3. The zero-order valence-corrected chi connectivity index (χ0v) is 17.5. The third-order valence-corrected chi connectivity index (χ3v) is 5.22. The van der Waals surface area contributed by atoms with Crippen LogP contribution in [-0.4, -0.2) is 24.8 Å². The number of rotatable bonds is 8. The summed E-state index contributed by atoms with van der Waals surface area (Å²) in [7, 11) is 1.42. The van der Waals surface area contributed by atoms with E-state index >= 15 is 0 Å². The molecule has 2 aromatic rings. The van der Waals surface area contributed by atoms with Crippen molar-refractivity contribution in [3.05, 3.63) is 76.6 Å². The van der Waals surface area contributed by atoms with Gasteiger partial charge in [0.25, 0.3) is 0 Å². The van der Waals surface area contributed by atoms with Crippen molar-refractivity contribution in [3.63, 3.8) is 0 Å². The Balaban J connectivity index is 1.93. The summed E-state index contributed by atoms with van der Waals surface area (Å²) in [5, 5.41) is 8.72. The zero-order chi connectivity index (χ0) is 24.1. The van der Waals surface area contributed by atoms with Gasteiger partial charge in [-0.15, -0.1) is 0 Å². The van der Waals surface area contributed by atoms with Gasteiger partial charge in [-0.1, -0.05) is 30.4 Å². The number of halogens is 5. The lowest BCUT2D eigenvalue weighted by molar-refractivity contribution is -0.246. The zero-order valence-electron chi connectivity index (χ0n) is 17.5. The van der Waals surface area contributed by atoms with Gasteiger partial charge >= 0.3 is 5.97 Å². The van der Waals surface area contributed by atoms with Crippen molar-refractivity contribution in [1.82, 2.24) is 0 Å². The van der Waals surface area contributed by atoms with Gasteiger partial charge in [0.1, 0.15) is 5.75 Å². The van der Waals surface area contributed by atoms with Crippen molar-refractivity contribution >= 4 is 5.97 Å². The Morgan fingerprint density at radius 3 is 2.33 bits per heavy atom. The first-order valence-electron chi connectivity index (χ1n) is 10.0. The van der Waals surface area contributed by atoms with Gasteiger partial charge in [-0.05, 0) is 18.9 Å². The Hall–Kier alpha value is -2.98. The van der Waals surface area contributed by atoms with E-state index in [2.05, 4.69) is 0 Å². The Kier molecular flexibility index (Phi) is 8.04. The van der Waals surface area contributed by atoms with Crippen LogP contribution in [-0.2, 0) is 14.3 Å². The van der Waals surface area contributed by atoms with Crippen molar-refractivity contribution in [1.29, 1.82) is 0 Å². The second-order valence-electron chi connectivity index (χ2n) is 7.35. The fourth-order valence-corrected chi connectivity index (χ4v) is 3.58. The molecular weight excluding hydrogens is 451 g/mol. The molecule has 0 aromatic heterocycles. The van der Waals surface area contributed by atoms with Crippen molar-refractivity contribution in [2.45, 2.75) is 31.7 Å². The molecule has 3 unspecified atom stereocenters. The second kappa shape index (κ2) is 10.8. The highest BCUT2D eigenvalue weighted by atomic mass is 19.2. The first kappa shape index (κ1) is 24.7. The summed E-state index contributed by atoms with van der Waals surface area (Å²) in [4.78, 5) is 10.6. The van der Waals surface area contributed by atoms with E-state index in [0.29, 0.717) is 24.2 Å². The molecule has 10 heteroatoms. The number of carboxylic acid groups (broad SMARTS) is 1. The average Bonchev–Trinajstić information content (AvgIpc) is 2.81. The van der Waals surface area contributed by atoms with Crippen LogP contribution in [0.3, 0.4) is 0 Å². The summed E-state index contributed by atoms with van der Waals surface area (Å²) in [5.41, 5.74) is -0.706. The number of para-hydroxylation sites is 1. The third-order valence-electron chi connectivity index (χ3n) is 5.22. The van der Waals surface area contributed by atoms with Crippen LogP contribution in [0, 0.1) is 35.0 Å². The lowest BCUT2D eigenvalue weighted by atomic mass is 9.91. The summed E-state index contributed by atoms with van der Waals surface area (Å²) < 4.78 is 86.1. The van der Waals surface area contributed by atoms with Gasteiger partial charge in [-0.3, -0.25) is 4.79 Å². The van der Waals surface area contributed by atoms with Crippen molar-refractivity contribution in [2.24, 2.45) is 5.92 Å². The summed E-state index contributed by atoms with van der Waals surface area (Å²) in [6.07, 6.45) is 1.26. The molecule has 0 saturated carbocycles. The van der Waals surface area contributed by atoms with E-state index in [9.17, 15) is 26.7 Å². The van der Waals surface area contributed by atoms with E-state index in [1.54, 1.807) is 36.4 Å². The molecule has 1 saturated heterocycles. The van der Waals surface area contributed by atoms with Crippen molar-refractivity contribution in [3.8, 4) is 5.75 Å². The van der Waals surface area contributed by atoms with E-state index in [0.717, 1.165) is 0 Å². The monoisotopic (exact) mass is 472 g/mol. The molecule has 0 bridgehead atoms. The molecule has 1 aliphatic rings. The quantitative estimate of drug-likeness (QED) is 0.234. The lowest BCUT2D eigenvalue weighted by Crippen LogP contribution is -2.32. The molecule has 0 aliphatic carbocycles. The molecule has 1 N–H and O–H groups in total. The van der Waals surface area contributed by atoms with Gasteiger partial charge < -0.3 is 19.3 Å². The molecule has 3 rings (SSSR count). The molecule has 3 atom stereocenters. The molecule has 178 valence electrons. The van der Waals surface area contributed by atoms with Crippen LogP contribution in [0.2, 0.25) is 0 Å². The molecule has 0 amide bonds. The number of aliphatic carboxylic acids is 1. The highest BCUT2D eigenvalue weighted by molar-refractivity contribution is 5.66. The van der Waals surface area contributed by atoms with E-state index in [4.69, 9.17) is 19.3 Å². The van der Waals surface area contributed by atoms with Gasteiger partial charge in [-0.25, -0.2) is 22.0 Å². The predicted molar refractivity (Wildman–Crippen MR) is 106 cm³/mol. The largest absolute Gasteiger partial charge is 0.496 e. The van der Waals surface area contributed by atoms with Gasteiger partial charge in [0.05, 0.1) is 25.4 Å². The van der Waals surface area contributed by atoms with Crippen LogP contribution in [0.25, 0.3) is 0 Å². The highest BCUT2D eigenvalue weighted by Crippen LogP contribution is 2.44. The minimum Gasteiger partial charge on any atom is -0.496 e. The maximum Gasteiger partial charge on any atom is 0.303 e. The molecule has 0 spiro atoms. The van der Waals surface area contributed by atoms with Gasteiger partial charge in [0.15, 0.2) is 29.6 Å². The molecule has 0 radical (unpaired) electrons. The van der Waals surface area contributed by atoms with Crippen molar-refractivity contribution < 1.29 is 46.1 Å². The summed E-state index contributed by atoms with van der Waals surface area (Å²) in [5.74, 6) is -11.5. The Morgan fingerprint density at radius 2 is 1.70 bits per heavy atom. The topological polar surface area (TPSA) is 65.0 Å². The first-order valence-corrected chi connectivity index (χ1v) is 10.0. The van der Waals surface area contributed by atoms with Gasteiger partial charge in [0, 0.05) is 17.9 Å². The number of hydrogen-bond donors (Lipinski definition) is 1. The minimum absolute atomic E-state index is 0.0492. The van der Waals surface area contributed by atoms with Crippen LogP contribution in [0.15, 0.2) is 36.4 Å². The first-order chi connectivity index (χ1) is 15.8. The summed E-state index contributed by atoms with van der Waals surface area (Å²) >= 11 is 0. The number of methoxy groups -OCH3 is 1. The molecule has 1 aliphatic heterocycles. The molecule has 33 heavy (non-hydrogen) atoms. The Labute approximate surface area is 186 Å². The standard InChI is InChI=1S/C23H21F5O5/c1-31-14-9-6-5-8-13(14)22-12(7-3-2-4-10-15(29)30)11-32-23(33-22)16-17(24)19(26)21(28)20(27)18(16)25/h2-3,5-6,8-9,12,22-23H,4,7,10-11H2,1H3,(H,29,30). The number of benzene rings is 2. The van der Waals surface area contributed by atoms with E-state index in [-0.39, 0.29) is 13.0 Å². The van der Waals surface area contributed by atoms with Crippen molar-refractivity contribution in [2.75, 3.05) is 13.7 Å². The maximum absolute atomic E-state index is 14.3. The smallest absolute Gasteiger partial charge is 0.303 e. The average molecular weight is 472 g/mol. The van der Waals surface area contributed by atoms with Crippen LogP contribution in [0.5, 0.6) is 5.75 Å². The van der Waals surface area contributed by atoms with Crippen LogP contribution in [0.4, 0.5) is 22.0 Å². The van der Waals surface area contributed by atoms with Crippen LogP contribution >= 0.6 is 0 Å². The second-order valence-corrected chi connectivity index (χ2v) is 7.35. The van der Waals surface area contributed by atoms with Gasteiger partial charge in [0.2, 0.25) is 5.82 Å². The fourth-order valence-electron chi connectivity index (χ4n) is 3.58. The highest BCUT2D eigenvalue weighted by Gasteiger charge is 2.39. The van der Waals surface area contributed by atoms with E-state index in [1.165, 1.54) is 7.11 Å². The molecule has 2 aromatic carbocycles. The SMILES string of the molecule is COc1ccccc1C1OC(c2c(F)c(F)c(F)c(F)c2F)OCC1CC=CCCC(=O)O. The molecule has 1 fully saturated rings. The maximum atomic E-state index is 14.3. The lowest BCUT2D eigenvalue weighted by Gasteiger charge is -2.37. The Morgan fingerprint density at radius 1 is 1.06 bits per heavy atom. The normalized spacial score (nSPS) is 20.8. The predicted octanol–water partition coefficient (Wildman–Crippen LogP) is 5.60. The number of carboxylic acids is 1. The minimum atomic E-state index is -2.27. The number of allylic oxidation sites excluding steroid dienone is 2. The Bertz CT molecular complexity index is 1010. The van der Waals surface area contributed by atoms with E-state index < -0.39 is 58.9 Å².